The van der Waals surface area contributed by atoms with Crippen LogP contribution in [0.25, 0.3) is 0 Å². The standard InChI is InChI=1S/C12H19N3O2S/c1-13-12-11(6-3-8-14-12)18(16,17)15-9-7-10-4-2-5-10/h3,6,8,10,15H,2,4-5,7,9H2,1H3,(H,13,14). The molecule has 0 saturated heterocycles. The molecule has 1 aliphatic carbocycles. The van der Waals surface area contributed by atoms with E-state index in [-0.39, 0.29) is 4.90 Å². The molecule has 1 fully saturated rings. The minimum atomic E-state index is -3.46. The molecular formula is C12H19N3O2S. The summed E-state index contributed by atoms with van der Waals surface area (Å²) in [4.78, 5) is 4.21. The quantitative estimate of drug-likeness (QED) is 0.822. The molecule has 100 valence electrons. The Labute approximate surface area is 108 Å². The summed E-state index contributed by atoms with van der Waals surface area (Å²) in [5, 5.41) is 2.79. The van der Waals surface area contributed by atoms with Gasteiger partial charge in [0.15, 0.2) is 0 Å². The van der Waals surface area contributed by atoms with E-state index in [2.05, 4.69) is 15.0 Å². The molecule has 0 unspecified atom stereocenters. The maximum absolute atomic E-state index is 12.1. The van der Waals surface area contributed by atoms with Crippen molar-refractivity contribution < 1.29 is 8.42 Å². The van der Waals surface area contributed by atoms with E-state index in [4.69, 9.17) is 0 Å². The largest absolute Gasteiger partial charge is 0.372 e. The van der Waals surface area contributed by atoms with Gasteiger partial charge in [0, 0.05) is 19.8 Å². The first-order valence-electron chi connectivity index (χ1n) is 6.26. The molecule has 2 N–H and O–H groups in total. The molecule has 0 radical (unpaired) electrons. The lowest BCUT2D eigenvalue weighted by Crippen LogP contribution is -2.28. The molecule has 0 aliphatic heterocycles. The van der Waals surface area contributed by atoms with Crippen LogP contribution in [0, 0.1) is 5.92 Å². The molecule has 5 nitrogen and oxygen atoms in total. The Balaban J connectivity index is 2.00. The van der Waals surface area contributed by atoms with Crippen molar-refractivity contribution in [2.24, 2.45) is 5.92 Å². The number of nitrogens with zero attached hydrogens (tertiary/aromatic N) is 1. The van der Waals surface area contributed by atoms with Crippen LogP contribution in [0.15, 0.2) is 23.2 Å². The first-order valence-corrected chi connectivity index (χ1v) is 7.74. The monoisotopic (exact) mass is 269 g/mol. The van der Waals surface area contributed by atoms with Gasteiger partial charge in [-0.25, -0.2) is 18.1 Å². The van der Waals surface area contributed by atoms with Crippen LogP contribution in [-0.4, -0.2) is 27.0 Å². The van der Waals surface area contributed by atoms with Gasteiger partial charge in [-0.1, -0.05) is 19.3 Å². The highest BCUT2D eigenvalue weighted by molar-refractivity contribution is 7.89. The van der Waals surface area contributed by atoms with Gasteiger partial charge < -0.3 is 5.32 Å². The highest BCUT2D eigenvalue weighted by atomic mass is 32.2. The van der Waals surface area contributed by atoms with Crippen molar-refractivity contribution in [2.45, 2.75) is 30.6 Å². The summed E-state index contributed by atoms with van der Waals surface area (Å²) < 4.78 is 26.9. The molecule has 1 aromatic heterocycles. The summed E-state index contributed by atoms with van der Waals surface area (Å²) in [5.74, 6) is 1.08. The van der Waals surface area contributed by atoms with Crippen LogP contribution in [-0.2, 0) is 10.0 Å². The smallest absolute Gasteiger partial charge is 0.244 e. The lowest BCUT2D eigenvalue weighted by molar-refractivity contribution is 0.297. The van der Waals surface area contributed by atoms with Crippen LogP contribution in [0.3, 0.4) is 0 Å². The van der Waals surface area contributed by atoms with Gasteiger partial charge in [0.2, 0.25) is 10.0 Å². The van der Waals surface area contributed by atoms with Gasteiger partial charge in [0.05, 0.1) is 0 Å². The van der Waals surface area contributed by atoms with E-state index < -0.39 is 10.0 Å². The average Bonchev–Trinajstić information content (AvgIpc) is 2.32. The van der Waals surface area contributed by atoms with E-state index in [1.165, 1.54) is 19.3 Å². The SMILES string of the molecule is CNc1ncccc1S(=O)(=O)NCCC1CCC1. The van der Waals surface area contributed by atoms with Gasteiger partial charge in [0.1, 0.15) is 10.7 Å². The Morgan fingerprint density at radius 3 is 2.83 bits per heavy atom. The molecule has 1 aliphatic rings. The van der Waals surface area contributed by atoms with E-state index in [1.54, 1.807) is 25.4 Å². The predicted octanol–water partition coefficient (Wildman–Crippen LogP) is 1.59. The van der Waals surface area contributed by atoms with Crippen molar-refractivity contribution in [1.82, 2.24) is 9.71 Å². The Morgan fingerprint density at radius 1 is 1.44 bits per heavy atom. The highest BCUT2D eigenvalue weighted by Crippen LogP contribution is 2.29. The topological polar surface area (TPSA) is 71.1 Å². The molecule has 0 atom stereocenters. The van der Waals surface area contributed by atoms with Crippen molar-refractivity contribution >= 4 is 15.8 Å². The van der Waals surface area contributed by atoms with Crippen molar-refractivity contribution in [1.29, 1.82) is 0 Å². The van der Waals surface area contributed by atoms with E-state index in [1.807, 2.05) is 0 Å². The van der Waals surface area contributed by atoms with Crippen molar-refractivity contribution in [3.63, 3.8) is 0 Å². The van der Waals surface area contributed by atoms with Gasteiger partial charge >= 0.3 is 0 Å². The highest BCUT2D eigenvalue weighted by Gasteiger charge is 2.21. The van der Waals surface area contributed by atoms with Gasteiger partial charge in [0.25, 0.3) is 0 Å². The normalized spacial score (nSPS) is 16.3. The van der Waals surface area contributed by atoms with Gasteiger partial charge in [-0.3, -0.25) is 0 Å². The zero-order chi connectivity index (χ0) is 13.0. The van der Waals surface area contributed by atoms with E-state index >= 15 is 0 Å². The Kier molecular flexibility index (Phi) is 4.19. The zero-order valence-corrected chi connectivity index (χ0v) is 11.3. The van der Waals surface area contributed by atoms with E-state index in [0.717, 1.165) is 6.42 Å². The minimum absolute atomic E-state index is 0.209. The number of hydrogen-bond donors (Lipinski definition) is 2. The maximum atomic E-state index is 12.1. The average molecular weight is 269 g/mol. The summed E-state index contributed by atoms with van der Waals surface area (Å²) in [6.45, 7) is 0.505. The first-order chi connectivity index (χ1) is 8.63. The van der Waals surface area contributed by atoms with Crippen molar-refractivity contribution in [3.05, 3.63) is 18.3 Å². The minimum Gasteiger partial charge on any atom is -0.372 e. The maximum Gasteiger partial charge on any atom is 0.244 e. The second-order valence-electron chi connectivity index (χ2n) is 4.58. The van der Waals surface area contributed by atoms with Gasteiger partial charge in [-0.15, -0.1) is 0 Å². The Morgan fingerprint density at radius 2 is 2.22 bits per heavy atom. The Hall–Kier alpha value is -1.14. The molecule has 1 saturated carbocycles. The predicted molar refractivity (Wildman–Crippen MR) is 70.9 cm³/mol. The molecule has 0 bridgehead atoms. The zero-order valence-electron chi connectivity index (χ0n) is 10.5. The van der Waals surface area contributed by atoms with Crippen LogP contribution in [0.4, 0.5) is 5.82 Å². The molecule has 0 amide bonds. The van der Waals surface area contributed by atoms with Crippen molar-refractivity contribution in [3.8, 4) is 0 Å². The van der Waals surface area contributed by atoms with Crippen LogP contribution in [0.1, 0.15) is 25.7 Å². The molecule has 0 spiro atoms. The van der Waals surface area contributed by atoms with E-state index in [0.29, 0.717) is 18.3 Å². The number of pyridine rings is 1. The van der Waals surface area contributed by atoms with Gasteiger partial charge in [-0.2, -0.15) is 0 Å². The van der Waals surface area contributed by atoms with Crippen molar-refractivity contribution in [2.75, 3.05) is 18.9 Å². The third-order valence-corrected chi connectivity index (χ3v) is 4.86. The van der Waals surface area contributed by atoms with Gasteiger partial charge in [-0.05, 0) is 24.5 Å². The first kappa shape index (κ1) is 13.3. The second kappa shape index (κ2) is 5.67. The van der Waals surface area contributed by atoms with Crippen LogP contribution in [0.2, 0.25) is 0 Å². The number of sulfonamides is 1. The summed E-state index contributed by atoms with van der Waals surface area (Å²) in [6.07, 6.45) is 6.24. The molecule has 0 aromatic carbocycles. The lowest BCUT2D eigenvalue weighted by Gasteiger charge is -2.25. The number of nitrogens with one attached hydrogen (secondary N) is 2. The summed E-state index contributed by atoms with van der Waals surface area (Å²) in [6, 6.07) is 3.19. The second-order valence-corrected chi connectivity index (χ2v) is 6.32. The fourth-order valence-electron chi connectivity index (χ4n) is 2.05. The molecule has 6 heteroatoms. The molecular weight excluding hydrogens is 250 g/mol. The Bertz CT molecular complexity index is 498. The fourth-order valence-corrected chi connectivity index (χ4v) is 3.26. The van der Waals surface area contributed by atoms with Crippen LogP contribution < -0.4 is 10.0 Å². The van der Waals surface area contributed by atoms with Crippen LogP contribution in [0.5, 0.6) is 0 Å². The van der Waals surface area contributed by atoms with E-state index in [9.17, 15) is 8.42 Å². The van der Waals surface area contributed by atoms with Crippen LogP contribution >= 0.6 is 0 Å². The number of hydrogen-bond acceptors (Lipinski definition) is 4. The molecule has 1 heterocycles. The molecule has 2 rings (SSSR count). The summed E-state index contributed by atoms with van der Waals surface area (Å²) in [5.41, 5.74) is 0. The summed E-state index contributed by atoms with van der Waals surface area (Å²) in [7, 11) is -1.80. The third-order valence-electron chi connectivity index (χ3n) is 3.37. The lowest BCUT2D eigenvalue weighted by atomic mass is 9.83. The molecule has 18 heavy (non-hydrogen) atoms. The molecule has 1 aromatic rings. The third kappa shape index (κ3) is 3.00. The number of rotatable bonds is 6. The number of aromatic nitrogens is 1. The summed E-state index contributed by atoms with van der Waals surface area (Å²) >= 11 is 0. The fraction of sp³-hybridized carbons (Fsp3) is 0.583. The number of anilines is 1.